The van der Waals surface area contributed by atoms with Crippen molar-refractivity contribution in [3.05, 3.63) is 53.5 Å². The van der Waals surface area contributed by atoms with Gasteiger partial charge in [0.2, 0.25) is 0 Å². The van der Waals surface area contributed by atoms with E-state index >= 15 is 4.39 Å². The number of hydrogen-bond acceptors (Lipinski definition) is 2. The van der Waals surface area contributed by atoms with Crippen molar-refractivity contribution in [3.63, 3.8) is 0 Å². The summed E-state index contributed by atoms with van der Waals surface area (Å²) in [6.07, 6.45) is 4.34. The van der Waals surface area contributed by atoms with Gasteiger partial charge in [-0.05, 0) is 30.9 Å². The summed E-state index contributed by atoms with van der Waals surface area (Å²) in [5.41, 5.74) is 2.74. The highest BCUT2D eigenvalue weighted by atomic mass is 19.1. The lowest BCUT2D eigenvalue weighted by Gasteiger charge is -2.19. The minimum atomic E-state index is -0.242. The zero-order valence-electron chi connectivity index (χ0n) is 12.0. The fourth-order valence-electron chi connectivity index (χ4n) is 3.38. The molecule has 0 unspecified atom stereocenters. The Kier molecular flexibility index (Phi) is 2.93. The molecule has 2 aromatic carbocycles. The van der Waals surface area contributed by atoms with Gasteiger partial charge in [-0.25, -0.2) is 4.39 Å². The molecule has 0 saturated heterocycles. The third-order valence-electron chi connectivity index (χ3n) is 4.39. The molecule has 22 heavy (non-hydrogen) atoms. The molecule has 1 aliphatic heterocycles. The number of benzene rings is 2. The first kappa shape index (κ1) is 13.0. The molecule has 3 aromatic rings. The molecule has 4 rings (SSSR count). The third kappa shape index (κ3) is 1.75. The number of fused-ring (bicyclic) bond motifs is 4. The Hall–Kier alpha value is -2.67. The van der Waals surface area contributed by atoms with Crippen LogP contribution in [0.3, 0.4) is 0 Å². The van der Waals surface area contributed by atoms with Crippen LogP contribution in [-0.4, -0.2) is 9.78 Å². The summed E-state index contributed by atoms with van der Waals surface area (Å²) in [6, 6.07) is 11.4. The molecule has 0 saturated carbocycles. The Morgan fingerprint density at radius 3 is 2.77 bits per heavy atom. The van der Waals surface area contributed by atoms with Gasteiger partial charge in [-0.3, -0.25) is 4.68 Å². The van der Waals surface area contributed by atoms with Crippen molar-refractivity contribution in [3.8, 4) is 17.3 Å². The van der Waals surface area contributed by atoms with E-state index in [4.69, 9.17) is 0 Å². The van der Waals surface area contributed by atoms with Crippen molar-refractivity contribution in [1.82, 2.24) is 9.78 Å². The number of halogens is 1. The van der Waals surface area contributed by atoms with Crippen molar-refractivity contribution in [1.29, 1.82) is 5.26 Å². The third-order valence-corrected chi connectivity index (χ3v) is 4.39. The van der Waals surface area contributed by atoms with E-state index in [9.17, 15) is 5.26 Å². The SMILES string of the molecule is N#Cc1c2c(c(F)c3ccccc13)-c1ccnn1CCCC2. The fraction of sp³-hybridized carbons (Fsp3) is 0.222. The molecule has 0 fully saturated rings. The van der Waals surface area contributed by atoms with Gasteiger partial charge < -0.3 is 0 Å². The summed E-state index contributed by atoms with van der Waals surface area (Å²) >= 11 is 0. The van der Waals surface area contributed by atoms with Crippen molar-refractivity contribution in [2.45, 2.75) is 25.8 Å². The van der Waals surface area contributed by atoms with Gasteiger partial charge in [-0.2, -0.15) is 10.4 Å². The van der Waals surface area contributed by atoms with Crippen molar-refractivity contribution >= 4 is 10.8 Å². The normalized spacial score (nSPS) is 13.8. The van der Waals surface area contributed by atoms with Gasteiger partial charge >= 0.3 is 0 Å². The summed E-state index contributed by atoms with van der Waals surface area (Å²) in [7, 11) is 0. The van der Waals surface area contributed by atoms with Crippen LogP contribution in [0.2, 0.25) is 0 Å². The standard InChI is InChI=1S/C18H14FN3/c19-18-14-7-2-1-5-12(14)15(11-20)13-6-3-4-10-22-16(17(13)18)8-9-21-22/h1-2,5,7-9H,3-4,6,10H2. The van der Waals surface area contributed by atoms with Crippen molar-refractivity contribution in [2.24, 2.45) is 0 Å². The Bertz CT molecular complexity index is 918. The summed E-state index contributed by atoms with van der Waals surface area (Å²) in [5.74, 6) is -0.242. The summed E-state index contributed by atoms with van der Waals surface area (Å²) in [6.45, 7) is 0.788. The van der Waals surface area contributed by atoms with Crippen LogP contribution in [0.1, 0.15) is 24.0 Å². The van der Waals surface area contributed by atoms with E-state index in [1.807, 2.05) is 22.9 Å². The van der Waals surface area contributed by atoms with Gasteiger partial charge in [0.25, 0.3) is 0 Å². The lowest BCUT2D eigenvalue weighted by Crippen LogP contribution is -2.10. The molecule has 0 amide bonds. The van der Waals surface area contributed by atoms with E-state index in [1.54, 1.807) is 18.3 Å². The number of rotatable bonds is 0. The monoisotopic (exact) mass is 291 g/mol. The maximum atomic E-state index is 15.2. The fourth-order valence-corrected chi connectivity index (χ4v) is 3.38. The van der Waals surface area contributed by atoms with Crippen LogP contribution in [-0.2, 0) is 13.0 Å². The van der Waals surface area contributed by atoms with Gasteiger partial charge in [0.05, 0.1) is 11.3 Å². The number of nitrogens with zero attached hydrogens (tertiary/aromatic N) is 3. The zero-order chi connectivity index (χ0) is 15.1. The second-order valence-electron chi connectivity index (χ2n) is 5.60. The van der Waals surface area contributed by atoms with E-state index in [1.165, 1.54) is 0 Å². The van der Waals surface area contributed by atoms with Crippen molar-refractivity contribution in [2.75, 3.05) is 0 Å². The Labute approximate surface area is 127 Å². The molecule has 1 aromatic heterocycles. The highest BCUT2D eigenvalue weighted by molar-refractivity contribution is 5.94. The highest BCUT2D eigenvalue weighted by Crippen LogP contribution is 2.37. The lowest BCUT2D eigenvalue weighted by molar-refractivity contribution is 0.549. The number of aryl methyl sites for hydroxylation is 1. The van der Waals surface area contributed by atoms with E-state index in [0.717, 1.165) is 37.1 Å². The maximum absolute atomic E-state index is 15.2. The van der Waals surface area contributed by atoms with Gasteiger partial charge in [0.15, 0.2) is 0 Å². The summed E-state index contributed by atoms with van der Waals surface area (Å²) < 4.78 is 17.0. The molecule has 108 valence electrons. The quantitative estimate of drug-likeness (QED) is 0.627. The van der Waals surface area contributed by atoms with Gasteiger partial charge in [0, 0.05) is 29.1 Å². The molecule has 0 atom stereocenters. The summed E-state index contributed by atoms with van der Waals surface area (Å²) in [4.78, 5) is 0. The van der Waals surface area contributed by atoms with E-state index in [2.05, 4.69) is 11.2 Å². The average Bonchev–Trinajstić information content (AvgIpc) is 2.97. The molecule has 0 bridgehead atoms. The van der Waals surface area contributed by atoms with E-state index < -0.39 is 0 Å². The molecule has 0 aliphatic carbocycles. The van der Waals surface area contributed by atoms with Crippen LogP contribution >= 0.6 is 0 Å². The predicted octanol–water partition coefficient (Wildman–Crippen LogP) is 4.05. The van der Waals surface area contributed by atoms with E-state index in [0.29, 0.717) is 21.9 Å². The molecule has 3 nitrogen and oxygen atoms in total. The van der Waals surface area contributed by atoms with Crippen LogP contribution in [0.15, 0.2) is 36.5 Å². The molecule has 0 N–H and O–H groups in total. The Balaban J connectivity index is 2.19. The number of nitriles is 1. The molecule has 1 aliphatic rings. The minimum absolute atomic E-state index is 0.242. The maximum Gasteiger partial charge on any atom is 0.140 e. The molecule has 4 heteroatoms. The predicted molar refractivity (Wildman–Crippen MR) is 82.8 cm³/mol. The largest absolute Gasteiger partial charge is 0.265 e. The number of aromatic nitrogens is 2. The minimum Gasteiger partial charge on any atom is -0.265 e. The average molecular weight is 291 g/mol. The lowest BCUT2D eigenvalue weighted by atomic mass is 9.88. The first-order valence-electron chi connectivity index (χ1n) is 7.46. The molecular formula is C18H14FN3. The highest BCUT2D eigenvalue weighted by Gasteiger charge is 2.23. The van der Waals surface area contributed by atoms with Crippen LogP contribution in [0.25, 0.3) is 22.0 Å². The Morgan fingerprint density at radius 1 is 1.14 bits per heavy atom. The second-order valence-corrected chi connectivity index (χ2v) is 5.60. The van der Waals surface area contributed by atoms with Gasteiger partial charge in [-0.15, -0.1) is 0 Å². The molecular weight excluding hydrogens is 277 g/mol. The Morgan fingerprint density at radius 2 is 1.95 bits per heavy atom. The first-order chi connectivity index (χ1) is 10.8. The van der Waals surface area contributed by atoms with Crippen LogP contribution in [0.5, 0.6) is 0 Å². The smallest absolute Gasteiger partial charge is 0.140 e. The topological polar surface area (TPSA) is 41.6 Å². The molecule has 0 spiro atoms. The van der Waals surface area contributed by atoms with Gasteiger partial charge in [-0.1, -0.05) is 24.3 Å². The number of hydrogen-bond donors (Lipinski definition) is 0. The second kappa shape index (κ2) is 4.96. The molecule has 2 heterocycles. The van der Waals surface area contributed by atoms with E-state index in [-0.39, 0.29) is 5.82 Å². The van der Waals surface area contributed by atoms with Crippen molar-refractivity contribution < 1.29 is 4.39 Å². The van der Waals surface area contributed by atoms with Crippen LogP contribution in [0, 0.1) is 17.1 Å². The van der Waals surface area contributed by atoms with Crippen LogP contribution in [0.4, 0.5) is 4.39 Å². The zero-order valence-corrected chi connectivity index (χ0v) is 12.0. The molecule has 0 radical (unpaired) electrons. The van der Waals surface area contributed by atoms with Gasteiger partial charge in [0.1, 0.15) is 11.9 Å². The first-order valence-corrected chi connectivity index (χ1v) is 7.46. The van der Waals surface area contributed by atoms with Crippen LogP contribution < -0.4 is 0 Å². The summed E-state index contributed by atoms with van der Waals surface area (Å²) in [5, 5.41) is 15.2.